The van der Waals surface area contributed by atoms with Gasteiger partial charge < -0.3 is 4.74 Å². The summed E-state index contributed by atoms with van der Waals surface area (Å²) in [7, 11) is -2.69. The Morgan fingerprint density at radius 3 is 2.71 bits per heavy atom. The lowest BCUT2D eigenvalue weighted by Crippen LogP contribution is -2.11. The first-order chi connectivity index (χ1) is 13.1. The fourth-order valence-electron chi connectivity index (χ4n) is 2.72. The number of halogens is 4. The van der Waals surface area contributed by atoms with Gasteiger partial charge >= 0.3 is 0 Å². The summed E-state index contributed by atoms with van der Waals surface area (Å²) in [6, 6.07) is 3.05. The molecule has 3 rings (SSSR count). The second-order valence-corrected chi connectivity index (χ2v) is 8.53. The first kappa shape index (κ1) is 20.9. The molecule has 150 valence electrons. The molecule has 0 aliphatic carbocycles. The Morgan fingerprint density at radius 1 is 1.39 bits per heavy atom. The van der Waals surface area contributed by atoms with Crippen LogP contribution in [0.4, 0.5) is 8.78 Å². The van der Waals surface area contributed by atoms with E-state index in [1.165, 1.54) is 36.2 Å². The molecule has 7 nitrogen and oxygen atoms in total. The molecule has 0 saturated carbocycles. The highest BCUT2D eigenvalue weighted by Gasteiger charge is 2.22. The van der Waals surface area contributed by atoms with Gasteiger partial charge in [0.25, 0.3) is 0 Å². The number of methoxy groups -OCH3 is 1. The van der Waals surface area contributed by atoms with Gasteiger partial charge in [0, 0.05) is 29.8 Å². The fourth-order valence-corrected chi connectivity index (χ4v) is 4.13. The first-order valence-corrected chi connectivity index (χ1v) is 10.6. The van der Waals surface area contributed by atoms with Crippen molar-refractivity contribution in [2.24, 2.45) is 5.14 Å². The molecule has 0 spiro atoms. The van der Waals surface area contributed by atoms with Gasteiger partial charge in [0.15, 0.2) is 0 Å². The van der Waals surface area contributed by atoms with Crippen LogP contribution < -0.4 is 9.88 Å². The molecule has 0 radical (unpaired) electrons. The van der Waals surface area contributed by atoms with Crippen molar-refractivity contribution in [1.82, 2.24) is 14.5 Å². The van der Waals surface area contributed by atoms with Crippen LogP contribution >= 0.6 is 27.5 Å². The minimum Gasteiger partial charge on any atom is -0.481 e. The highest BCUT2D eigenvalue weighted by molar-refractivity contribution is 9.10. The van der Waals surface area contributed by atoms with Crippen molar-refractivity contribution in [1.29, 1.82) is 0 Å². The largest absolute Gasteiger partial charge is 0.481 e. The Balaban J connectivity index is 2.22. The third-order valence-corrected chi connectivity index (χ3v) is 6.27. The minimum atomic E-state index is -4.04. The topological polar surface area (TPSA) is 100 Å². The third-order valence-electron chi connectivity index (χ3n) is 3.98. The van der Waals surface area contributed by atoms with E-state index in [2.05, 4.69) is 25.9 Å². The second-order valence-electron chi connectivity index (χ2n) is 5.80. The quantitative estimate of drug-likeness (QED) is 0.562. The maximum atomic E-state index is 12.5. The molecule has 3 aromatic rings. The summed E-state index contributed by atoms with van der Waals surface area (Å²) in [5.41, 5.74) is 0.797. The fraction of sp³-hybridized carbons (Fsp3) is 0.250. The van der Waals surface area contributed by atoms with E-state index < -0.39 is 16.4 Å². The molecule has 0 aliphatic rings. The minimum absolute atomic E-state index is 0.0332. The van der Waals surface area contributed by atoms with Gasteiger partial charge in [0.2, 0.25) is 28.3 Å². The predicted octanol–water partition coefficient (Wildman–Crippen LogP) is 3.69. The second kappa shape index (κ2) is 7.90. The summed E-state index contributed by atoms with van der Waals surface area (Å²) in [6.07, 6.45) is -0.152. The Labute approximate surface area is 172 Å². The van der Waals surface area contributed by atoms with Crippen molar-refractivity contribution in [2.45, 2.75) is 24.2 Å². The van der Waals surface area contributed by atoms with E-state index in [0.717, 1.165) is 0 Å². The molecule has 0 amide bonds. The van der Waals surface area contributed by atoms with E-state index in [9.17, 15) is 17.2 Å². The van der Waals surface area contributed by atoms with Crippen LogP contribution in [0.15, 0.2) is 33.9 Å². The highest BCUT2D eigenvalue weighted by Crippen LogP contribution is 2.36. The predicted molar refractivity (Wildman–Crippen MR) is 104 cm³/mol. The summed E-state index contributed by atoms with van der Waals surface area (Å²) < 4.78 is 56.0. The number of sulfonamides is 1. The average molecular weight is 496 g/mol. The van der Waals surface area contributed by atoms with Crippen LogP contribution in [0.3, 0.4) is 0 Å². The third kappa shape index (κ3) is 3.97. The molecule has 0 atom stereocenters. The molecule has 0 aliphatic heterocycles. The number of fused-ring (bicyclic) bond motifs is 1. The molecule has 0 unspecified atom stereocenters. The lowest BCUT2D eigenvalue weighted by atomic mass is 10.2. The lowest BCUT2D eigenvalue weighted by Gasteiger charge is -2.10. The molecule has 0 saturated heterocycles. The molecule has 1 aromatic carbocycles. The van der Waals surface area contributed by atoms with Gasteiger partial charge in [-0.1, -0.05) is 11.6 Å². The standard InChI is InChI=1S/C16H14BrClF2N4O3S/c1-27-15-8(2-5-12(19)20)6-22-16(23-15)24-7-11(28(21,25)26)9-3-4-10(18)13(17)14(9)24/h3-4,6-7,12H,2,5H2,1H3,(H2,21,25,26). The van der Waals surface area contributed by atoms with Crippen LogP contribution in [-0.4, -0.2) is 36.5 Å². The lowest BCUT2D eigenvalue weighted by molar-refractivity contribution is 0.137. The van der Waals surface area contributed by atoms with Gasteiger partial charge in [-0.05, 0) is 34.5 Å². The van der Waals surface area contributed by atoms with Crippen LogP contribution in [0.2, 0.25) is 5.02 Å². The van der Waals surface area contributed by atoms with Gasteiger partial charge in [-0.2, -0.15) is 4.98 Å². The van der Waals surface area contributed by atoms with Crippen LogP contribution in [0.5, 0.6) is 5.88 Å². The number of nitrogens with two attached hydrogens (primary N) is 1. The van der Waals surface area contributed by atoms with Crippen molar-refractivity contribution in [3.05, 3.63) is 39.6 Å². The SMILES string of the molecule is COc1nc(-n2cc(S(N)(=O)=O)c3ccc(Cl)c(Br)c32)ncc1CCC(F)F. The van der Waals surface area contributed by atoms with E-state index in [1.54, 1.807) is 0 Å². The molecular weight excluding hydrogens is 482 g/mol. The smallest absolute Gasteiger partial charge is 0.240 e. The van der Waals surface area contributed by atoms with Crippen molar-refractivity contribution < 1.29 is 21.9 Å². The molecule has 2 heterocycles. The molecular formula is C16H14BrClF2N4O3S. The van der Waals surface area contributed by atoms with E-state index in [4.69, 9.17) is 21.5 Å². The molecule has 2 N–H and O–H groups in total. The number of hydrogen-bond acceptors (Lipinski definition) is 5. The van der Waals surface area contributed by atoms with Crippen LogP contribution in [0, 0.1) is 0 Å². The van der Waals surface area contributed by atoms with Crippen molar-refractivity contribution >= 4 is 48.5 Å². The Morgan fingerprint density at radius 2 is 2.11 bits per heavy atom. The van der Waals surface area contributed by atoms with Crippen LogP contribution in [0.1, 0.15) is 12.0 Å². The zero-order valence-corrected chi connectivity index (χ0v) is 17.5. The number of aryl methyl sites for hydroxylation is 1. The maximum Gasteiger partial charge on any atom is 0.240 e. The summed E-state index contributed by atoms with van der Waals surface area (Å²) in [4.78, 5) is 8.29. The zero-order chi connectivity index (χ0) is 20.6. The number of primary sulfonamides is 1. The Kier molecular flexibility index (Phi) is 5.89. The summed E-state index contributed by atoms with van der Waals surface area (Å²) in [6.45, 7) is 0. The maximum absolute atomic E-state index is 12.5. The van der Waals surface area contributed by atoms with Crippen molar-refractivity contribution in [2.75, 3.05) is 7.11 Å². The Bertz CT molecular complexity index is 1150. The van der Waals surface area contributed by atoms with Crippen LogP contribution in [-0.2, 0) is 16.4 Å². The molecule has 0 bridgehead atoms. The molecule has 0 fully saturated rings. The molecule has 12 heteroatoms. The van der Waals surface area contributed by atoms with Gasteiger partial charge in [-0.25, -0.2) is 27.3 Å². The highest BCUT2D eigenvalue weighted by atomic mass is 79.9. The molecule has 28 heavy (non-hydrogen) atoms. The summed E-state index contributed by atoms with van der Waals surface area (Å²) in [5.74, 6) is 0.184. The summed E-state index contributed by atoms with van der Waals surface area (Å²) >= 11 is 9.49. The van der Waals surface area contributed by atoms with Gasteiger partial charge in [-0.15, -0.1) is 0 Å². The van der Waals surface area contributed by atoms with E-state index in [-0.39, 0.29) is 29.6 Å². The number of hydrogen-bond donors (Lipinski definition) is 1. The molecule has 2 aromatic heterocycles. The Hall–Kier alpha value is -1.82. The van der Waals surface area contributed by atoms with Crippen molar-refractivity contribution in [3.8, 4) is 11.8 Å². The van der Waals surface area contributed by atoms with Gasteiger partial charge in [0.1, 0.15) is 4.90 Å². The van der Waals surface area contributed by atoms with E-state index in [1.807, 2.05) is 0 Å². The van der Waals surface area contributed by atoms with Crippen LogP contribution in [0.25, 0.3) is 16.9 Å². The number of nitrogens with zero attached hydrogens (tertiary/aromatic N) is 3. The van der Waals surface area contributed by atoms with E-state index in [0.29, 0.717) is 26.0 Å². The number of alkyl halides is 2. The van der Waals surface area contributed by atoms with Gasteiger partial charge in [-0.3, -0.25) is 4.57 Å². The van der Waals surface area contributed by atoms with Gasteiger partial charge in [0.05, 0.1) is 22.1 Å². The zero-order valence-electron chi connectivity index (χ0n) is 14.4. The average Bonchev–Trinajstić information content (AvgIpc) is 3.03. The number of aromatic nitrogens is 3. The monoisotopic (exact) mass is 494 g/mol. The number of ether oxygens (including phenoxy) is 1. The first-order valence-electron chi connectivity index (χ1n) is 7.83. The normalized spacial score (nSPS) is 12.1. The number of rotatable bonds is 6. The summed E-state index contributed by atoms with van der Waals surface area (Å²) in [5, 5.41) is 5.99. The van der Waals surface area contributed by atoms with Crippen molar-refractivity contribution in [3.63, 3.8) is 0 Å². The van der Waals surface area contributed by atoms with E-state index >= 15 is 0 Å². The number of benzene rings is 1.